The van der Waals surface area contributed by atoms with Crippen LogP contribution < -0.4 is 0 Å². The number of hydrogen-bond acceptors (Lipinski definition) is 5. The quantitative estimate of drug-likeness (QED) is 0.378. The minimum atomic E-state index is -0.481. The highest BCUT2D eigenvalue weighted by Crippen LogP contribution is 2.69. The number of carbonyl (C=O) groups is 2. The largest absolute Gasteiger partial charge is 0.459 e. The molecule has 5 nitrogen and oxygen atoms in total. The fourth-order valence-corrected chi connectivity index (χ4v) is 5.35. The van der Waals surface area contributed by atoms with E-state index < -0.39 is 11.9 Å². The molecule has 3 fully saturated rings. The average Bonchev–Trinajstić information content (AvgIpc) is 3.28. The van der Waals surface area contributed by atoms with Crippen LogP contribution in [0.25, 0.3) is 0 Å². The van der Waals surface area contributed by atoms with Crippen molar-refractivity contribution in [1.29, 1.82) is 0 Å². The van der Waals surface area contributed by atoms with Gasteiger partial charge >= 0.3 is 11.9 Å². The van der Waals surface area contributed by atoms with E-state index in [4.69, 9.17) is 14.2 Å². The molecule has 3 rings (SSSR count). The molecule has 4 atom stereocenters. The normalized spacial score (nSPS) is 34.1. The number of esters is 2. The molecule has 2 unspecified atom stereocenters. The Hall–Kier alpha value is -1.62. The lowest BCUT2D eigenvalue weighted by Gasteiger charge is -2.40. The maximum atomic E-state index is 12.8. The van der Waals surface area contributed by atoms with Gasteiger partial charge < -0.3 is 14.2 Å². The smallest absolute Gasteiger partial charge is 0.338 e. The van der Waals surface area contributed by atoms with Gasteiger partial charge in [0.15, 0.2) is 0 Å². The third kappa shape index (κ3) is 3.54. The summed E-state index contributed by atoms with van der Waals surface area (Å²) in [5, 5.41) is 0. The van der Waals surface area contributed by atoms with Gasteiger partial charge in [-0.1, -0.05) is 27.4 Å². The van der Waals surface area contributed by atoms with Gasteiger partial charge in [0.05, 0.1) is 11.7 Å². The highest BCUT2D eigenvalue weighted by Gasteiger charge is 2.63. The summed E-state index contributed by atoms with van der Waals surface area (Å²) in [6.45, 7) is 14.9. The summed E-state index contributed by atoms with van der Waals surface area (Å²) in [5.74, 6) is 0.161. The summed E-state index contributed by atoms with van der Waals surface area (Å²) >= 11 is 0. The number of hydrogen-bond donors (Lipinski definition) is 0. The molecule has 0 spiro atoms. The van der Waals surface area contributed by atoms with Gasteiger partial charge in [-0.3, -0.25) is 0 Å². The molecule has 3 aliphatic rings. The van der Waals surface area contributed by atoms with E-state index in [-0.39, 0.29) is 29.5 Å². The van der Waals surface area contributed by atoms with E-state index in [9.17, 15) is 9.59 Å². The Bertz CT molecular complexity index is 698. The summed E-state index contributed by atoms with van der Waals surface area (Å²) in [5.41, 5.74) is 0.839. The van der Waals surface area contributed by atoms with Crippen molar-refractivity contribution in [1.82, 2.24) is 0 Å². The monoisotopic (exact) mass is 390 g/mol. The van der Waals surface area contributed by atoms with Crippen LogP contribution in [-0.4, -0.2) is 31.3 Å². The Morgan fingerprint density at radius 2 is 1.86 bits per heavy atom. The predicted octanol–water partition coefficient (Wildman–Crippen LogP) is 4.56. The number of rotatable bonds is 6. The topological polar surface area (TPSA) is 61.8 Å². The highest BCUT2D eigenvalue weighted by atomic mass is 16.6. The molecule has 1 aliphatic heterocycles. The van der Waals surface area contributed by atoms with Crippen LogP contribution in [-0.2, 0) is 23.8 Å². The zero-order valence-electron chi connectivity index (χ0n) is 17.9. The lowest BCUT2D eigenvalue weighted by molar-refractivity contribution is -0.143. The maximum absolute atomic E-state index is 12.8. The summed E-state index contributed by atoms with van der Waals surface area (Å²) in [4.78, 5) is 25.1. The van der Waals surface area contributed by atoms with E-state index >= 15 is 0 Å². The molecule has 5 heteroatoms. The Balaban J connectivity index is 1.86. The van der Waals surface area contributed by atoms with Crippen molar-refractivity contribution < 1.29 is 23.8 Å². The van der Waals surface area contributed by atoms with Crippen LogP contribution in [0.4, 0.5) is 0 Å². The van der Waals surface area contributed by atoms with Crippen LogP contribution in [0.1, 0.15) is 66.7 Å². The van der Waals surface area contributed by atoms with Crippen LogP contribution in [0, 0.1) is 22.7 Å². The van der Waals surface area contributed by atoms with Crippen molar-refractivity contribution >= 4 is 11.9 Å². The van der Waals surface area contributed by atoms with E-state index in [2.05, 4.69) is 27.4 Å². The van der Waals surface area contributed by atoms with Crippen LogP contribution in [0.3, 0.4) is 0 Å². The molecule has 0 aromatic carbocycles. The molecule has 0 amide bonds. The van der Waals surface area contributed by atoms with Crippen LogP contribution in [0.15, 0.2) is 23.5 Å². The first-order chi connectivity index (χ1) is 13.1. The second-order valence-corrected chi connectivity index (χ2v) is 9.56. The molecule has 0 N–H and O–H groups in total. The third-order valence-electron chi connectivity index (χ3n) is 7.76. The summed E-state index contributed by atoms with van der Waals surface area (Å²) < 4.78 is 16.8. The summed E-state index contributed by atoms with van der Waals surface area (Å²) in [7, 11) is 0. The Labute approximate surface area is 168 Å². The molecular weight excluding hydrogens is 356 g/mol. The third-order valence-corrected chi connectivity index (χ3v) is 7.76. The van der Waals surface area contributed by atoms with Gasteiger partial charge in [0.1, 0.15) is 12.4 Å². The summed E-state index contributed by atoms with van der Waals surface area (Å²) in [6, 6.07) is 0. The minimum absolute atomic E-state index is 0.0154. The van der Waals surface area contributed by atoms with Gasteiger partial charge in [-0.15, -0.1) is 0 Å². The van der Waals surface area contributed by atoms with Gasteiger partial charge in [-0.2, -0.15) is 0 Å². The molecule has 2 saturated carbocycles. The van der Waals surface area contributed by atoms with Gasteiger partial charge in [-0.25, -0.2) is 9.59 Å². The maximum Gasteiger partial charge on any atom is 0.338 e. The van der Waals surface area contributed by atoms with E-state index in [0.29, 0.717) is 22.8 Å². The van der Waals surface area contributed by atoms with Crippen molar-refractivity contribution in [3.8, 4) is 0 Å². The minimum Gasteiger partial charge on any atom is -0.459 e. The zero-order valence-corrected chi connectivity index (χ0v) is 17.9. The summed E-state index contributed by atoms with van der Waals surface area (Å²) in [6.07, 6.45) is 5.06. The second kappa shape index (κ2) is 7.66. The van der Waals surface area contributed by atoms with Crippen molar-refractivity contribution in [2.75, 3.05) is 13.2 Å². The predicted molar refractivity (Wildman–Crippen MR) is 106 cm³/mol. The van der Waals surface area contributed by atoms with E-state index in [1.807, 2.05) is 0 Å². The molecule has 1 heterocycles. The Kier molecular flexibility index (Phi) is 5.77. The van der Waals surface area contributed by atoms with Crippen LogP contribution in [0.5, 0.6) is 0 Å². The fourth-order valence-electron chi connectivity index (χ4n) is 5.35. The Morgan fingerprint density at radius 1 is 1.14 bits per heavy atom. The standard InChI is InChI=1S/C23H34O5/c1-14(2)20(24)28-19(15(3)21(25)27-13-17-8-7-11-26-17)18-12-16-9-10-23(18,6)22(16,4)5/h16-18H,1,7-13H2,2-6H3/b19-15+/t16-,17?,18?,23-/m1/s1. The lowest BCUT2D eigenvalue weighted by Crippen LogP contribution is -2.35. The Morgan fingerprint density at radius 3 is 2.36 bits per heavy atom. The highest BCUT2D eigenvalue weighted by molar-refractivity contribution is 5.91. The first kappa shape index (κ1) is 21.1. The molecule has 0 aromatic heterocycles. The van der Waals surface area contributed by atoms with Crippen molar-refractivity contribution in [3.05, 3.63) is 23.5 Å². The molecule has 2 bridgehead atoms. The SMILES string of the molecule is C=C(C)C(=O)O/C(=C(\C)C(=O)OCC1CCCO1)C1C[C@H]2CC[C@@]1(C)C2(C)C. The number of carbonyl (C=O) groups excluding carboxylic acids is 2. The molecule has 28 heavy (non-hydrogen) atoms. The van der Waals surface area contributed by atoms with Gasteiger partial charge in [0.25, 0.3) is 0 Å². The zero-order chi connectivity index (χ0) is 20.7. The molecule has 156 valence electrons. The molecule has 1 saturated heterocycles. The number of ether oxygens (including phenoxy) is 3. The van der Waals surface area contributed by atoms with Crippen LogP contribution >= 0.6 is 0 Å². The van der Waals surface area contributed by atoms with E-state index in [0.717, 1.165) is 32.3 Å². The average molecular weight is 391 g/mol. The fraction of sp³-hybridized carbons (Fsp3) is 0.739. The molecular formula is C23H34O5. The molecule has 0 aromatic rings. The van der Waals surface area contributed by atoms with Gasteiger partial charge in [0, 0.05) is 18.1 Å². The van der Waals surface area contributed by atoms with Crippen molar-refractivity contribution in [2.45, 2.75) is 72.8 Å². The second-order valence-electron chi connectivity index (χ2n) is 9.56. The molecule has 0 radical (unpaired) electrons. The molecule has 2 aliphatic carbocycles. The first-order valence-electron chi connectivity index (χ1n) is 10.4. The van der Waals surface area contributed by atoms with Crippen LogP contribution in [0.2, 0.25) is 0 Å². The lowest BCUT2D eigenvalue weighted by atomic mass is 9.66. The van der Waals surface area contributed by atoms with Gasteiger partial charge in [0.2, 0.25) is 0 Å². The van der Waals surface area contributed by atoms with Crippen molar-refractivity contribution in [3.63, 3.8) is 0 Å². The van der Waals surface area contributed by atoms with E-state index in [1.165, 1.54) is 6.42 Å². The first-order valence-corrected chi connectivity index (χ1v) is 10.4. The number of fused-ring (bicyclic) bond motifs is 2. The van der Waals surface area contributed by atoms with E-state index in [1.54, 1.807) is 13.8 Å². The van der Waals surface area contributed by atoms with Gasteiger partial charge in [-0.05, 0) is 62.7 Å². The van der Waals surface area contributed by atoms with Crippen molar-refractivity contribution in [2.24, 2.45) is 22.7 Å². The number of allylic oxidation sites excluding steroid dienone is 1.